The molecule has 0 amide bonds. The van der Waals surface area contributed by atoms with Crippen molar-refractivity contribution in [2.75, 3.05) is 7.11 Å². The number of ketones is 1. The molecule has 2 nitrogen and oxygen atoms in total. The Hall–Kier alpha value is -0.590. The van der Waals surface area contributed by atoms with Crippen LogP contribution >= 0.6 is 50.1 Å². The Morgan fingerprint density at radius 3 is 2.57 bits per heavy atom. The monoisotopic (exact) mass is 478 g/mol. The summed E-state index contributed by atoms with van der Waals surface area (Å²) in [5.74, 6) is 0.525. The first-order valence-electron chi connectivity index (χ1n) is 6.20. The first-order valence-corrected chi connectivity index (χ1v) is 8.45. The van der Waals surface area contributed by atoms with Crippen LogP contribution in [0.5, 0.6) is 5.75 Å². The van der Waals surface area contributed by atoms with E-state index in [1.54, 1.807) is 19.2 Å². The first kappa shape index (κ1) is 16.8. The van der Waals surface area contributed by atoms with Gasteiger partial charge in [0.05, 0.1) is 12.7 Å². The summed E-state index contributed by atoms with van der Waals surface area (Å²) in [7, 11) is 1.58. The summed E-state index contributed by atoms with van der Waals surface area (Å²) in [4.78, 5) is 13.0. The molecule has 0 heterocycles. The largest absolute Gasteiger partial charge is 0.496 e. The number of ether oxygens (including phenoxy) is 1. The fraction of sp³-hybridized carbons (Fsp3) is 0.188. The first-order chi connectivity index (χ1) is 9.86. The third-order valence-corrected chi connectivity index (χ3v) is 5.27. The molecule has 0 atom stereocenters. The van der Waals surface area contributed by atoms with Gasteiger partial charge in [0.15, 0.2) is 5.78 Å². The van der Waals surface area contributed by atoms with Gasteiger partial charge < -0.3 is 4.74 Å². The van der Waals surface area contributed by atoms with E-state index in [-0.39, 0.29) is 5.78 Å². The van der Waals surface area contributed by atoms with E-state index in [1.165, 1.54) is 0 Å². The van der Waals surface area contributed by atoms with Crippen LogP contribution in [0.15, 0.2) is 28.7 Å². The van der Waals surface area contributed by atoms with E-state index in [0.29, 0.717) is 21.9 Å². The van der Waals surface area contributed by atoms with Gasteiger partial charge in [0, 0.05) is 18.6 Å². The van der Waals surface area contributed by atoms with E-state index in [1.807, 2.05) is 26.0 Å². The van der Waals surface area contributed by atoms with Crippen LogP contribution in [-0.4, -0.2) is 12.9 Å². The minimum absolute atomic E-state index is 0.0827. The summed E-state index contributed by atoms with van der Waals surface area (Å²) < 4.78 is 7.20. The van der Waals surface area contributed by atoms with Gasteiger partial charge in [-0.05, 0) is 71.8 Å². The smallest absolute Gasteiger partial charge is 0.198 e. The highest BCUT2D eigenvalue weighted by Crippen LogP contribution is 2.35. The van der Waals surface area contributed by atoms with Gasteiger partial charge in [-0.25, -0.2) is 0 Å². The topological polar surface area (TPSA) is 26.3 Å². The van der Waals surface area contributed by atoms with Crippen molar-refractivity contribution in [1.29, 1.82) is 0 Å². The summed E-state index contributed by atoms with van der Waals surface area (Å²) in [6.45, 7) is 3.82. The van der Waals surface area contributed by atoms with Crippen molar-refractivity contribution in [3.05, 3.63) is 59.6 Å². The molecule has 0 unspecified atom stereocenters. The predicted octanol–water partition coefficient (Wildman–Crippen LogP) is 5.56. The minimum atomic E-state index is -0.0827. The minimum Gasteiger partial charge on any atom is -0.496 e. The molecule has 0 aliphatic heterocycles. The summed E-state index contributed by atoms with van der Waals surface area (Å²) in [5, 5.41) is 0.544. The Balaban J connectivity index is 2.71. The Labute approximate surface area is 151 Å². The number of hydrogen-bond donors (Lipinski definition) is 0. The molecule has 110 valence electrons. The van der Waals surface area contributed by atoms with Gasteiger partial charge in [0.25, 0.3) is 0 Å². The van der Waals surface area contributed by atoms with Crippen LogP contribution in [0, 0.1) is 17.4 Å². The van der Waals surface area contributed by atoms with Gasteiger partial charge in [0.1, 0.15) is 5.75 Å². The maximum absolute atomic E-state index is 13.0. The molecule has 5 heteroatoms. The zero-order chi connectivity index (χ0) is 15.7. The number of halogens is 3. The number of benzene rings is 2. The maximum atomic E-state index is 13.0. The lowest BCUT2D eigenvalue weighted by Crippen LogP contribution is -2.10. The molecule has 0 bridgehead atoms. The van der Waals surface area contributed by atoms with Crippen LogP contribution in [0.1, 0.15) is 27.0 Å². The molecule has 0 radical (unpaired) electrons. The lowest BCUT2D eigenvalue weighted by atomic mass is 9.96. The molecule has 0 aromatic heterocycles. The lowest BCUT2D eigenvalue weighted by Gasteiger charge is -2.16. The Kier molecular flexibility index (Phi) is 5.33. The van der Waals surface area contributed by atoms with Crippen molar-refractivity contribution in [2.45, 2.75) is 13.8 Å². The van der Waals surface area contributed by atoms with Crippen molar-refractivity contribution < 1.29 is 9.53 Å². The third-order valence-electron chi connectivity index (χ3n) is 3.27. The second-order valence-corrected chi connectivity index (χ2v) is 7.11. The van der Waals surface area contributed by atoms with E-state index in [9.17, 15) is 4.79 Å². The second kappa shape index (κ2) is 6.67. The van der Waals surface area contributed by atoms with Crippen LogP contribution in [0.3, 0.4) is 0 Å². The van der Waals surface area contributed by atoms with Crippen LogP contribution in [0.25, 0.3) is 0 Å². The summed E-state index contributed by atoms with van der Waals surface area (Å²) in [6, 6.07) is 7.26. The highest BCUT2D eigenvalue weighted by molar-refractivity contribution is 14.1. The summed E-state index contributed by atoms with van der Waals surface area (Å²) in [6.07, 6.45) is 0. The number of rotatable bonds is 3. The SMILES string of the molecule is COc1c(C)cc(Br)c(C)c1C(=O)c1cc(Cl)ccc1I. The number of carbonyl (C=O) groups is 1. The van der Waals surface area contributed by atoms with E-state index < -0.39 is 0 Å². The molecule has 2 aromatic carbocycles. The molecule has 21 heavy (non-hydrogen) atoms. The second-order valence-electron chi connectivity index (χ2n) is 4.66. The van der Waals surface area contributed by atoms with E-state index >= 15 is 0 Å². The fourth-order valence-electron chi connectivity index (χ4n) is 2.19. The fourth-order valence-corrected chi connectivity index (χ4v) is 3.49. The Morgan fingerprint density at radius 2 is 1.95 bits per heavy atom. The summed E-state index contributed by atoms with van der Waals surface area (Å²) >= 11 is 11.7. The molecule has 0 N–H and O–H groups in total. The molecule has 0 aliphatic rings. The number of methoxy groups -OCH3 is 1. The van der Waals surface area contributed by atoms with E-state index in [2.05, 4.69) is 38.5 Å². The van der Waals surface area contributed by atoms with Crippen molar-refractivity contribution in [3.63, 3.8) is 0 Å². The molecule has 0 fully saturated rings. The summed E-state index contributed by atoms with van der Waals surface area (Å²) in [5.41, 5.74) is 2.93. The number of carbonyl (C=O) groups excluding carboxylic acids is 1. The van der Waals surface area contributed by atoms with E-state index in [0.717, 1.165) is 19.2 Å². The van der Waals surface area contributed by atoms with Gasteiger partial charge in [-0.15, -0.1) is 0 Å². The predicted molar refractivity (Wildman–Crippen MR) is 97.8 cm³/mol. The lowest BCUT2D eigenvalue weighted by molar-refractivity contribution is 0.103. The molecular weight excluding hydrogens is 466 g/mol. The molecule has 0 saturated carbocycles. The van der Waals surface area contributed by atoms with Crippen LogP contribution in [0.2, 0.25) is 5.02 Å². The third kappa shape index (κ3) is 3.27. The Morgan fingerprint density at radius 1 is 1.29 bits per heavy atom. The molecule has 2 aromatic rings. The normalized spacial score (nSPS) is 10.6. The van der Waals surface area contributed by atoms with Gasteiger partial charge in [0.2, 0.25) is 0 Å². The van der Waals surface area contributed by atoms with Crippen LogP contribution in [-0.2, 0) is 0 Å². The zero-order valence-electron chi connectivity index (χ0n) is 11.8. The van der Waals surface area contributed by atoms with Crippen molar-refractivity contribution >= 4 is 55.9 Å². The van der Waals surface area contributed by atoms with Crippen molar-refractivity contribution in [1.82, 2.24) is 0 Å². The number of aryl methyl sites for hydroxylation is 1. The standard InChI is InChI=1S/C16H13BrClIO2/c1-8-6-12(17)9(2)14(16(8)21-3)15(20)11-7-10(18)4-5-13(11)19/h4-7H,1-3H3. The molecule has 0 aliphatic carbocycles. The van der Waals surface area contributed by atoms with E-state index in [4.69, 9.17) is 16.3 Å². The molecule has 0 spiro atoms. The van der Waals surface area contributed by atoms with Gasteiger partial charge in [-0.2, -0.15) is 0 Å². The highest BCUT2D eigenvalue weighted by atomic mass is 127. The molecular formula is C16H13BrClIO2. The quantitative estimate of drug-likeness (QED) is 0.425. The van der Waals surface area contributed by atoms with Gasteiger partial charge >= 0.3 is 0 Å². The van der Waals surface area contributed by atoms with Crippen LogP contribution in [0.4, 0.5) is 0 Å². The number of hydrogen-bond acceptors (Lipinski definition) is 2. The maximum Gasteiger partial charge on any atom is 0.198 e. The van der Waals surface area contributed by atoms with Crippen molar-refractivity contribution in [2.24, 2.45) is 0 Å². The van der Waals surface area contributed by atoms with Gasteiger partial charge in [-0.1, -0.05) is 27.5 Å². The van der Waals surface area contributed by atoms with Crippen molar-refractivity contribution in [3.8, 4) is 5.75 Å². The highest BCUT2D eigenvalue weighted by Gasteiger charge is 2.22. The molecule has 2 rings (SSSR count). The average Bonchev–Trinajstić information content (AvgIpc) is 2.44. The zero-order valence-corrected chi connectivity index (χ0v) is 16.3. The molecule has 0 saturated heterocycles. The van der Waals surface area contributed by atoms with Gasteiger partial charge in [-0.3, -0.25) is 4.79 Å². The Bertz CT molecular complexity index is 729. The average molecular weight is 480 g/mol. The van der Waals surface area contributed by atoms with Crippen LogP contribution < -0.4 is 4.74 Å².